The maximum absolute atomic E-state index is 11.8. The Labute approximate surface area is 119 Å². The van der Waals surface area contributed by atoms with E-state index in [-0.39, 0.29) is 11.8 Å². The first kappa shape index (κ1) is 14.3. The third-order valence-electron chi connectivity index (χ3n) is 3.52. The van der Waals surface area contributed by atoms with E-state index in [1.807, 2.05) is 42.9 Å². The van der Waals surface area contributed by atoms with Gasteiger partial charge in [0.25, 0.3) is 0 Å². The van der Waals surface area contributed by atoms with Gasteiger partial charge < -0.3 is 5.32 Å². The number of nitrogens with one attached hydrogen (secondary N) is 1. The number of hydrogen-bond donors (Lipinski definition) is 1. The number of carbonyl (C=O) groups excluding carboxylic acids is 1. The standard InChI is InChI=1S/C16H21N3O/c1-3-13(2)16(20)17-11-14-7-4-5-8-15(14)12-19-10-6-9-18-19/h4-10,13H,3,11-12H2,1-2H3,(H,17,20)/t13-/m0/s1. The monoisotopic (exact) mass is 271 g/mol. The van der Waals surface area contributed by atoms with E-state index < -0.39 is 0 Å². The number of hydrogen-bond acceptors (Lipinski definition) is 2. The van der Waals surface area contributed by atoms with E-state index in [1.54, 1.807) is 6.20 Å². The van der Waals surface area contributed by atoms with E-state index in [9.17, 15) is 4.79 Å². The van der Waals surface area contributed by atoms with Gasteiger partial charge in [-0.25, -0.2) is 0 Å². The molecule has 2 aromatic rings. The highest BCUT2D eigenvalue weighted by Gasteiger charge is 2.10. The number of nitrogens with zero attached hydrogens (tertiary/aromatic N) is 2. The minimum atomic E-state index is 0.0632. The highest BCUT2D eigenvalue weighted by atomic mass is 16.1. The topological polar surface area (TPSA) is 46.9 Å². The number of rotatable bonds is 6. The largest absolute Gasteiger partial charge is 0.352 e. The van der Waals surface area contributed by atoms with Gasteiger partial charge in [0.2, 0.25) is 5.91 Å². The Morgan fingerprint density at radius 3 is 2.70 bits per heavy atom. The molecule has 0 radical (unpaired) electrons. The molecule has 0 saturated heterocycles. The number of aromatic nitrogens is 2. The molecule has 2 rings (SSSR count). The Bertz CT molecular complexity index is 549. The highest BCUT2D eigenvalue weighted by Crippen LogP contribution is 2.11. The molecule has 1 N–H and O–H groups in total. The highest BCUT2D eigenvalue weighted by molar-refractivity contribution is 5.78. The maximum atomic E-state index is 11.8. The Balaban J connectivity index is 2.03. The van der Waals surface area contributed by atoms with Crippen molar-refractivity contribution >= 4 is 5.91 Å². The van der Waals surface area contributed by atoms with Gasteiger partial charge in [-0.15, -0.1) is 0 Å². The van der Waals surface area contributed by atoms with Gasteiger partial charge in [-0.3, -0.25) is 9.48 Å². The van der Waals surface area contributed by atoms with Crippen molar-refractivity contribution in [1.82, 2.24) is 15.1 Å². The second-order valence-electron chi connectivity index (χ2n) is 5.00. The molecule has 0 aliphatic heterocycles. The summed E-state index contributed by atoms with van der Waals surface area (Å²) in [5.74, 6) is 0.176. The van der Waals surface area contributed by atoms with Gasteiger partial charge in [-0.05, 0) is 23.6 Å². The molecule has 106 valence electrons. The molecule has 1 amide bonds. The van der Waals surface area contributed by atoms with Gasteiger partial charge in [0, 0.05) is 24.9 Å². The first-order chi connectivity index (χ1) is 9.70. The van der Waals surface area contributed by atoms with Crippen molar-refractivity contribution in [2.45, 2.75) is 33.4 Å². The molecule has 1 heterocycles. The van der Waals surface area contributed by atoms with Crippen molar-refractivity contribution in [2.75, 3.05) is 0 Å². The molecule has 20 heavy (non-hydrogen) atoms. The summed E-state index contributed by atoms with van der Waals surface area (Å²) in [4.78, 5) is 11.8. The molecule has 1 aromatic heterocycles. The second kappa shape index (κ2) is 6.89. The van der Waals surface area contributed by atoms with E-state index in [1.165, 1.54) is 5.56 Å². The van der Waals surface area contributed by atoms with Crippen molar-refractivity contribution in [3.8, 4) is 0 Å². The molecule has 0 aliphatic carbocycles. The lowest BCUT2D eigenvalue weighted by Gasteiger charge is -2.13. The summed E-state index contributed by atoms with van der Waals surface area (Å²) >= 11 is 0. The minimum absolute atomic E-state index is 0.0632. The number of amides is 1. The van der Waals surface area contributed by atoms with E-state index in [4.69, 9.17) is 0 Å². The normalized spacial score (nSPS) is 12.1. The van der Waals surface area contributed by atoms with Gasteiger partial charge in [-0.2, -0.15) is 5.10 Å². The van der Waals surface area contributed by atoms with Gasteiger partial charge in [0.05, 0.1) is 6.54 Å². The molecule has 0 fully saturated rings. The summed E-state index contributed by atoms with van der Waals surface area (Å²) in [6.07, 6.45) is 4.57. The third kappa shape index (κ3) is 3.70. The van der Waals surface area contributed by atoms with Gasteiger partial charge in [0.1, 0.15) is 0 Å². The zero-order valence-corrected chi connectivity index (χ0v) is 12.0. The van der Waals surface area contributed by atoms with Crippen molar-refractivity contribution in [3.63, 3.8) is 0 Å². The molecule has 1 atom stereocenters. The maximum Gasteiger partial charge on any atom is 0.223 e. The fourth-order valence-electron chi connectivity index (χ4n) is 1.99. The molecular weight excluding hydrogens is 250 g/mol. The van der Waals surface area contributed by atoms with Crippen LogP contribution in [0.15, 0.2) is 42.7 Å². The summed E-state index contributed by atoms with van der Waals surface area (Å²) in [6, 6.07) is 10.0. The molecule has 1 aromatic carbocycles. The van der Waals surface area contributed by atoms with Crippen LogP contribution < -0.4 is 5.32 Å². The van der Waals surface area contributed by atoms with Gasteiger partial charge in [0.15, 0.2) is 0 Å². The summed E-state index contributed by atoms with van der Waals surface area (Å²) < 4.78 is 1.88. The SMILES string of the molecule is CC[C@H](C)C(=O)NCc1ccccc1Cn1cccn1. The lowest BCUT2D eigenvalue weighted by atomic mass is 10.1. The Morgan fingerprint density at radius 1 is 1.30 bits per heavy atom. The summed E-state index contributed by atoms with van der Waals surface area (Å²) in [7, 11) is 0. The molecular formula is C16H21N3O. The van der Waals surface area contributed by atoms with Crippen molar-refractivity contribution < 1.29 is 4.79 Å². The van der Waals surface area contributed by atoms with Crippen LogP contribution in [0.5, 0.6) is 0 Å². The lowest BCUT2D eigenvalue weighted by Crippen LogP contribution is -2.28. The van der Waals surface area contributed by atoms with Crippen molar-refractivity contribution in [2.24, 2.45) is 5.92 Å². The Kier molecular flexibility index (Phi) is 4.93. The van der Waals surface area contributed by atoms with Crippen LogP contribution >= 0.6 is 0 Å². The van der Waals surface area contributed by atoms with Crippen LogP contribution in [0.1, 0.15) is 31.4 Å². The average molecular weight is 271 g/mol. The van der Waals surface area contributed by atoms with E-state index in [0.29, 0.717) is 6.54 Å². The fourth-order valence-corrected chi connectivity index (χ4v) is 1.99. The van der Waals surface area contributed by atoms with E-state index in [2.05, 4.69) is 22.5 Å². The third-order valence-corrected chi connectivity index (χ3v) is 3.52. The summed E-state index contributed by atoms with van der Waals surface area (Å²) in [5.41, 5.74) is 2.32. The zero-order chi connectivity index (χ0) is 14.4. The Hall–Kier alpha value is -2.10. The molecule has 0 unspecified atom stereocenters. The van der Waals surface area contributed by atoms with Gasteiger partial charge >= 0.3 is 0 Å². The number of carbonyl (C=O) groups is 1. The molecule has 0 bridgehead atoms. The number of benzene rings is 1. The Morgan fingerprint density at radius 2 is 2.05 bits per heavy atom. The smallest absolute Gasteiger partial charge is 0.223 e. The molecule has 0 spiro atoms. The van der Waals surface area contributed by atoms with Crippen molar-refractivity contribution in [1.29, 1.82) is 0 Å². The molecule has 4 nitrogen and oxygen atoms in total. The molecule has 0 aliphatic rings. The van der Waals surface area contributed by atoms with Crippen molar-refractivity contribution in [3.05, 3.63) is 53.9 Å². The predicted octanol–water partition coefficient (Wildman–Crippen LogP) is 2.59. The van der Waals surface area contributed by atoms with E-state index >= 15 is 0 Å². The molecule has 4 heteroatoms. The lowest BCUT2D eigenvalue weighted by molar-refractivity contribution is -0.124. The van der Waals surface area contributed by atoms with Crippen LogP contribution in [-0.4, -0.2) is 15.7 Å². The van der Waals surface area contributed by atoms with Crippen LogP contribution in [0.4, 0.5) is 0 Å². The summed E-state index contributed by atoms with van der Waals surface area (Å²) in [5, 5.41) is 7.22. The zero-order valence-electron chi connectivity index (χ0n) is 12.0. The summed E-state index contributed by atoms with van der Waals surface area (Å²) in [6.45, 7) is 5.27. The minimum Gasteiger partial charge on any atom is -0.352 e. The van der Waals surface area contributed by atoms with Crippen LogP contribution in [0.25, 0.3) is 0 Å². The van der Waals surface area contributed by atoms with Crippen LogP contribution in [0, 0.1) is 5.92 Å². The first-order valence-corrected chi connectivity index (χ1v) is 7.02. The first-order valence-electron chi connectivity index (χ1n) is 7.02. The van der Waals surface area contributed by atoms with Crippen LogP contribution in [0.2, 0.25) is 0 Å². The van der Waals surface area contributed by atoms with Gasteiger partial charge in [-0.1, -0.05) is 38.1 Å². The quantitative estimate of drug-likeness (QED) is 0.878. The fraction of sp³-hybridized carbons (Fsp3) is 0.375. The average Bonchev–Trinajstić information content (AvgIpc) is 2.98. The van der Waals surface area contributed by atoms with Crippen LogP contribution in [-0.2, 0) is 17.9 Å². The predicted molar refractivity (Wildman–Crippen MR) is 79.1 cm³/mol. The van der Waals surface area contributed by atoms with E-state index in [0.717, 1.165) is 18.5 Å². The van der Waals surface area contributed by atoms with Crippen LogP contribution in [0.3, 0.4) is 0 Å². The second-order valence-corrected chi connectivity index (χ2v) is 5.00. The molecule has 0 saturated carbocycles.